The van der Waals surface area contributed by atoms with Crippen molar-refractivity contribution in [1.29, 1.82) is 0 Å². The predicted octanol–water partition coefficient (Wildman–Crippen LogP) is 4.57. The standard InChI is InChI=1S/C23H21N3O4/c1-3-30-20-12-15(7-9-18(20)28)14-24-23-22(25-21-6-4-5-11-26(21)23)16-8-10-17(27)19(13-16)29-2/h4-14,27-28H,3H2,1-2H3. The third kappa shape index (κ3) is 3.65. The maximum atomic E-state index is 9.92. The first kappa shape index (κ1) is 19.3. The second-order valence-corrected chi connectivity index (χ2v) is 6.52. The summed E-state index contributed by atoms with van der Waals surface area (Å²) in [4.78, 5) is 9.39. The van der Waals surface area contributed by atoms with E-state index in [-0.39, 0.29) is 11.5 Å². The number of aromatic hydroxyl groups is 2. The Morgan fingerprint density at radius 1 is 1.03 bits per heavy atom. The fraction of sp³-hybridized carbons (Fsp3) is 0.130. The maximum Gasteiger partial charge on any atom is 0.165 e. The van der Waals surface area contributed by atoms with Gasteiger partial charge in [0.15, 0.2) is 28.8 Å². The summed E-state index contributed by atoms with van der Waals surface area (Å²) >= 11 is 0. The summed E-state index contributed by atoms with van der Waals surface area (Å²) in [5, 5.41) is 19.8. The minimum absolute atomic E-state index is 0.0580. The van der Waals surface area contributed by atoms with Gasteiger partial charge in [-0.3, -0.25) is 4.40 Å². The average molecular weight is 403 g/mol. The van der Waals surface area contributed by atoms with E-state index in [2.05, 4.69) is 4.99 Å². The number of phenols is 2. The topological polar surface area (TPSA) is 88.6 Å². The Morgan fingerprint density at radius 3 is 2.63 bits per heavy atom. The van der Waals surface area contributed by atoms with Crippen LogP contribution in [-0.2, 0) is 0 Å². The van der Waals surface area contributed by atoms with Crippen LogP contribution in [0.5, 0.6) is 23.0 Å². The molecule has 0 unspecified atom stereocenters. The van der Waals surface area contributed by atoms with E-state index in [0.29, 0.717) is 29.6 Å². The Morgan fingerprint density at radius 2 is 1.83 bits per heavy atom. The molecule has 2 N–H and O–H groups in total. The zero-order valence-electron chi connectivity index (χ0n) is 16.6. The van der Waals surface area contributed by atoms with Crippen LogP contribution >= 0.6 is 0 Å². The van der Waals surface area contributed by atoms with E-state index in [1.807, 2.05) is 35.7 Å². The molecule has 2 aromatic heterocycles. The normalized spacial score (nSPS) is 11.3. The van der Waals surface area contributed by atoms with Crippen LogP contribution in [0.1, 0.15) is 12.5 Å². The molecule has 4 rings (SSSR count). The molecule has 0 bridgehead atoms. The fourth-order valence-corrected chi connectivity index (χ4v) is 3.14. The van der Waals surface area contributed by atoms with Crippen LogP contribution in [0.3, 0.4) is 0 Å². The van der Waals surface area contributed by atoms with Gasteiger partial charge in [0, 0.05) is 18.0 Å². The lowest BCUT2D eigenvalue weighted by atomic mass is 10.1. The SMILES string of the molecule is CCOc1cc(C=Nc2c(-c3ccc(O)c(OC)c3)nc3ccccn23)ccc1O. The molecule has 2 aromatic carbocycles. The highest BCUT2D eigenvalue weighted by molar-refractivity contribution is 5.86. The van der Waals surface area contributed by atoms with Gasteiger partial charge in [0.1, 0.15) is 11.3 Å². The van der Waals surface area contributed by atoms with Crippen LogP contribution in [0.25, 0.3) is 16.9 Å². The molecule has 0 aliphatic heterocycles. The summed E-state index contributed by atoms with van der Waals surface area (Å²) in [5.41, 5.74) is 2.93. The number of hydrogen-bond donors (Lipinski definition) is 2. The van der Waals surface area contributed by atoms with Crippen LogP contribution in [-0.4, -0.2) is 39.5 Å². The van der Waals surface area contributed by atoms with E-state index in [9.17, 15) is 10.2 Å². The second kappa shape index (κ2) is 8.16. The summed E-state index contributed by atoms with van der Waals surface area (Å²) in [6.45, 7) is 2.31. The van der Waals surface area contributed by atoms with Crippen LogP contribution in [0.4, 0.5) is 5.82 Å². The zero-order chi connectivity index (χ0) is 21.1. The fourth-order valence-electron chi connectivity index (χ4n) is 3.14. The van der Waals surface area contributed by atoms with Crippen LogP contribution in [0.15, 0.2) is 65.8 Å². The zero-order valence-corrected chi connectivity index (χ0v) is 16.6. The molecular formula is C23H21N3O4. The van der Waals surface area contributed by atoms with Crippen molar-refractivity contribution in [3.63, 3.8) is 0 Å². The van der Waals surface area contributed by atoms with Crippen molar-refractivity contribution >= 4 is 17.7 Å². The summed E-state index contributed by atoms with van der Waals surface area (Å²) in [6, 6.07) is 15.8. The minimum Gasteiger partial charge on any atom is -0.504 e. The van der Waals surface area contributed by atoms with E-state index in [0.717, 1.165) is 16.8 Å². The summed E-state index contributed by atoms with van der Waals surface area (Å²) in [6.07, 6.45) is 3.58. The van der Waals surface area contributed by atoms with Crippen molar-refractivity contribution in [2.24, 2.45) is 4.99 Å². The highest BCUT2D eigenvalue weighted by Gasteiger charge is 2.15. The van der Waals surface area contributed by atoms with Gasteiger partial charge in [0.25, 0.3) is 0 Å². The number of ether oxygens (including phenoxy) is 2. The van der Waals surface area contributed by atoms with Gasteiger partial charge < -0.3 is 19.7 Å². The molecule has 0 atom stereocenters. The van der Waals surface area contributed by atoms with Gasteiger partial charge in [-0.05, 0) is 61.0 Å². The summed E-state index contributed by atoms with van der Waals surface area (Å²) in [7, 11) is 1.50. The van der Waals surface area contributed by atoms with Crippen LogP contribution in [0, 0.1) is 0 Å². The van der Waals surface area contributed by atoms with E-state index in [4.69, 9.17) is 14.5 Å². The first-order valence-corrected chi connectivity index (χ1v) is 9.45. The lowest BCUT2D eigenvalue weighted by molar-refractivity contribution is 0.318. The number of imidazole rings is 1. The maximum absolute atomic E-state index is 9.92. The summed E-state index contributed by atoms with van der Waals surface area (Å²) in [5.74, 6) is 1.54. The first-order chi connectivity index (χ1) is 14.6. The van der Waals surface area contributed by atoms with Crippen LogP contribution in [0.2, 0.25) is 0 Å². The van der Waals surface area contributed by atoms with Crippen molar-refractivity contribution < 1.29 is 19.7 Å². The highest BCUT2D eigenvalue weighted by atomic mass is 16.5. The Labute approximate surface area is 173 Å². The Hall–Kier alpha value is -4.00. The number of fused-ring (bicyclic) bond motifs is 1. The molecule has 4 aromatic rings. The number of benzene rings is 2. The molecule has 0 spiro atoms. The Balaban J connectivity index is 1.82. The van der Waals surface area contributed by atoms with Gasteiger partial charge in [0.05, 0.1) is 13.7 Å². The lowest BCUT2D eigenvalue weighted by Crippen LogP contribution is -1.93. The molecule has 0 radical (unpaired) electrons. The lowest BCUT2D eigenvalue weighted by Gasteiger charge is -2.07. The number of aromatic nitrogens is 2. The predicted molar refractivity (Wildman–Crippen MR) is 115 cm³/mol. The van der Waals surface area contributed by atoms with Gasteiger partial charge in [-0.25, -0.2) is 9.98 Å². The number of nitrogens with zero attached hydrogens (tertiary/aromatic N) is 3. The molecule has 0 fully saturated rings. The van der Waals surface area contributed by atoms with Crippen molar-refractivity contribution in [1.82, 2.24) is 9.38 Å². The number of hydrogen-bond acceptors (Lipinski definition) is 6. The first-order valence-electron chi connectivity index (χ1n) is 9.45. The van der Waals surface area contributed by atoms with Gasteiger partial charge in [-0.15, -0.1) is 0 Å². The third-order valence-corrected chi connectivity index (χ3v) is 4.58. The molecule has 30 heavy (non-hydrogen) atoms. The number of methoxy groups -OCH3 is 1. The molecule has 0 saturated heterocycles. The highest BCUT2D eigenvalue weighted by Crippen LogP contribution is 2.36. The van der Waals surface area contributed by atoms with Gasteiger partial charge in [-0.2, -0.15) is 0 Å². The largest absolute Gasteiger partial charge is 0.504 e. The molecule has 0 aliphatic carbocycles. The van der Waals surface area contributed by atoms with Gasteiger partial charge >= 0.3 is 0 Å². The van der Waals surface area contributed by atoms with Crippen molar-refractivity contribution in [2.45, 2.75) is 6.92 Å². The van der Waals surface area contributed by atoms with Crippen molar-refractivity contribution in [2.75, 3.05) is 13.7 Å². The van der Waals surface area contributed by atoms with Crippen molar-refractivity contribution in [3.05, 3.63) is 66.4 Å². The molecular weight excluding hydrogens is 382 g/mol. The second-order valence-electron chi connectivity index (χ2n) is 6.52. The smallest absolute Gasteiger partial charge is 0.165 e. The molecule has 2 heterocycles. The molecule has 7 nitrogen and oxygen atoms in total. The third-order valence-electron chi connectivity index (χ3n) is 4.58. The molecule has 0 aliphatic rings. The monoisotopic (exact) mass is 403 g/mol. The minimum atomic E-state index is 0.0580. The average Bonchev–Trinajstić information content (AvgIpc) is 3.13. The molecule has 152 valence electrons. The van der Waals surface area contributed by atoms with E-state index < -0.39 is 0 Å². The van der Waals surface area contributed by atoms with Gasteiger partial charge in [-0.1, -0.05) is 6.07 Å². The number of aliphatic imine (C=N–C) groups is 1. The quantitative estimate of drug-likeness (QED) is 0.461. The van der Waals surface area contributed by atoms with Gasteiger partial charge in [0.2, 0.25) is 0 Å². The van der Waals surface area contributed by atoms with Crippen molar-refractivity contribution in [3.8, 4) is 34.3 Å². The Bertz CT molecular complexity index is 1230. The molecule has 7 heteroatoms. The number of phenolic OH excluding ortho intramolecular Hbond substituents is 2. The number of rotatable bonds is 6. The van der Waals surface area contributed by atoms with Crippen LogP contribution < -0.4 is 9.47 Å². The molecule has 0 amide bonds. The Kier molecular flexibility index (Phi) is 5.26. The van der Waals surface area contributed by atoms with E-state index in [1.54, 1.807) is 42.6 Å². The molecule has 0 saturated carbocycles. The summed E-state index contributed by atoms with van der Waals surface area (Å²) < 4.78 is 12.6. The van der Waals surface area contributed by atoms with E-state index in [1.165, 1.54) is 7.11 Å². The number of pyridine rings is 1. The van der Waals surface area contributed by atoms with E-state index >= 15 is 0 Å².